The highest BCUT2D eigenvalue weighted by Gasteiger charge is 2.25. The van der Waals surface area contributed by atoms with Crippen molar-refractivity contribution in [2.45, 2.75) is 4.90 Å². The lowest BCUT2D eigenvalue weighted by molar-refractivity contribution is 0.0693. The second-order valence-electron chi connectivity index (χ2n) is 3.68. The maximum atomic E-state index is 12.2. The third-order valence-corrected chi connectivity index (χ3v) is 4.64. The van der Waals surface area contributed by atoms with Crippen molar-refractivity contribution in [2.75, 3.05) is 25.7 Å². The van der Waals surface area contributed by atoms with E-state index in [1.165, 1.54) is 18.9 Å². The van der Waals surface area contributed by atoms with Crippen molar-refractivity contribution in [3.05, 3.63) is 22.7 Å². The molecule has 0 spiro atoms. The Bertz CT molecular complexity index is 603. The number of hydrogen-bond acceptors (Lipinski definition) is 5. The molecule has 0 atom stereocenters. The summed E-state index contributed by atoms with van der Waals surface area (Å²) in [4.78, 5) is 10.8. The number of nitrogens with one attached hydrogen (secondary N) is 1. The molecule has 0 saturated heterocycles. The van der Waals surface area contributed by atoms with Crippen LogP contribution in [0.3, 0.4) is 0 Å². The number of hydrogen-bond donors (Lipinski definition) is 2. The Morgan fingerprint density at radius 3 is 2.65 bits per heavy atom. The maximum absolute atomic E-state index is 12.2. The Hall–Kier alpha value is -0.960. The number of thioether (sulfide) groups is 1. The van der Waals surface area contributed by atoms with Crippen LogP contribution in [0.1, 0.15) is 10.4 Å². The van der Waals surface area contributed by atoms with Crippen LogP contribution in [-0.4, -0.2) is 45.2 Å². The van der Waals surface area contributed by atoms with Gasteiger partial charge in [0.05, 0.1) is 7.11 Å². The molecule has 0 fully saturated rings. The molecular weight excluding hydrogens is 326 g/mol. The average Bonchev–Trinajstić information content (AvgIpc) is 2.37. The third-order valence-electron chi connectivity index (χ3n) is 2.34. The van der Waals surface area contributed by atoms with Crippen molar-refractivity contribution in [3.8, 4) is 5.75 Å². The molecule has 0 aliphatic heterocycles. The summed E-state index contributed by atoms with van der Waals surface area (Å²) in [6.07, 6.45) is 1.84. The summed E-state index contributed by atoms with van der Waals surface area (Å²) in [7, 11) is -2.68. The van der Waals surface area contributed by atoms with E-state index in [2.05, 4.69) is 4.72 Å². The lowest BCUT2D eigenvalue weighted by Gasteiger charge is -2.13. The minimum absolute atomic E-state index is 0.00782. The van der Waals surface area contributed by atoms with E-state index in [1.807, 2.05) is 6.26 Å². The molecule has 0 radical (unpaired) electrons. The number of halogens is 1. The number of sulfonamides is 1. The molecular formula is C11H14ClNO5S2. The predicted octanol–water partition coefficient (Wildman–Crippen LogP) is 1.69. The van der Waals surface area contributed by atoms with Crippen LogP contribution >= 0.6 is 23.4 Å². The van der Waals surface area contributed by atoms with Gasteiger partial charge in [0.1, 0.15) is 10.5 Å². The van der Waals surface area contributed by atoms with Gasteiger partial charge in [-0.25, -0.2) is 17.9 Å². The molecule has 20 heavy (non-hydrogen) atoms. The summed E-state index contributed by atoms with van der Waals surface area (Å²) in [5.41, 5.74) is -0.301. The van der Waals surface area contributed by atoms with E-state index in [1.54, 1.807) is 0 Å². The lowest BCUT2D eigenvalue weighted by Crippen LogP contribution is -2.26. The molecule has 1 aromatic rings. The molecule has 1 rings (SSSR count). The Morgan fingerprint density at radius 1 is 1.50 bits per heavy atom. The van der Waals surface area contributed by atoms with Crippen molar-refractivity contribution in [1.29, 1.82) is 0 Å². The van der Waals surface area contributed by atoms with Gasteiger partial charge in [-0.15, -0.1) is 0 Å². The quantitative estimate of drug-likeness (QED) is 0.734. The van der Waals surface area contributed by atoms with Gasteiger partial charge in [0.2, 0.25) is 10.0 Å². The van der Waals surface area contributed by atoms with E-state index < -0.39 is 16.0 Å². The summed E-state index contributed by atoms with van der Waals surface area (Å²) in [5, 5.41) is 9.08. The van der Waals surface area contributed by atoms with Crippen LogP contribution in [0.4, 0.5) is 0 Å². The van der Waals surface area contributed by atoms with E-state index in [0.29, 0.717) is 5.75 Å². The van der Waals surface area contributed by atoms with Gasteiger partial charge in [-0.05, 0) is 18.4 Å². The largest absolute Gasteiger partial charge is 0.494 e. The van der Waals surface area contributed by atoms with Crippen molar-refractivity contribution in [2.24, 2.45) is 0 Å². The Morgan fingerprint density at radius 2 is 2.15 bits per heavy atom. The summed E-state index contributed by atoms with van der Waals surface area (Å²) >= 11 is 7.26. The van der Waals surface area contributed by atoms with Gasteiger partial charge in [0.25, 0.3) is 0 Å². The van der Waals surface area contributed by atoms with E-state index in [-0.39, 0.29) is 27.8 Å². The number of carboxylic acid groups (broad SMARTS) is 1. The SMILES string of the molecule is COc1c(C(=O)O)cc(Cl)cc1S(=O)(=O)NCCSC. The Labute approximate surface area is 126 Å². The number of carbonyl (C=O) groups is 1. The number of ether oxygens (including phenoxy) is 1. The highest BCUT2D eigenvalue weighted by atomic mass is 35.5. The van der Waals surface area contributed by atoms with Crippen LogP contribution in [0.15, 0.2) is 17.0 Å². The minimum Gasteiger partial charge on any atom is -0.494 e. The fourth-order valence-corrected chi connectivity index (χ4v) is 3.46. The van der Waals surface area contributed by atoms with Gasteiger partial charge in [0, 0.05) is 17.3 Å². The predicted molar refractivity (Wildman–Crippen MR) is 78.5 cm³/mol. The summed E-state index contributed by atoms with van der Waals surface area (Å²) in [6.45, 7) is 0.224. The minimum atomic E-state index is -3.89. The van der Waals surface area contributed by atoms with Gasteiger partial charge in [0.15, 0.2) is 5.75 Å². The Balaban J connectivity index is 3.33. The third kappa shape index (κ3) is 4.02. The molecule has 0 aliphatic carbocycles. The highest BCUT2D eigenvalue weighted by Crippen LogP contribution is 2.31. The van der Waals surface area contributed by atoms with Crippen molar-refractivity contribution >= 4 is 39.4 Å². The van der Waals surface area contributed by atoms with Crippen LogP contribution in [-0.2, 0) is 10.0 Å². The highest BCUT2D eigenvalue weighted by molar-refractivity contribution is 7.98. The number of benzene rings is 1. The molecule has 2 N–H and O–H groups in total. The summed E-state index contributed by atoms with van der Waals surface area (Å²) < 4.78 is 31.6. The normalized spacial score (nSPS) is 11.3. The molecule has 0 amide bonds. The molecule has 0 bridgehead atoms. The van der Waals surface area contributed by atoms with Crippen LogP contribution < -0.4 is 9.46 Å². The van der Waals surface area contributed by atoms with Crippen LogP contribution in [0.5, 0.6) is 5.75 Å². The van der Waals surface area contributed by atoms with E-state index in [4.69, 9.17) is 21.4 Å². The van der Waals surface area contributed by atoms with Crippen molar-refractivity contribution in [1.82, 2.24) is 4.72 Å². The molecule has 6 nitrogen and oxygen atoms in total. The first-order valence-corrected chi connectivity index (χ1v) is 8.68. The van der Waals surface area contributed by atoms with Gasteiger partial charge < -0.3 is 9.84 Å². The second-order valence-corrected chi connectivity index (χ2v) is 6.84. The number of methoxy groups -OCH3 is 1. The molecule has 0 unspecified atom stereocenters. The first kappa shape index (κ1) is 17.1. The summed E-state index contributed by atoms with van der Waals surface area (Å²) in [6, 6.07) is 2.30. The fraction of sp³-hybridized carbons (Fsp3) is 0.364. The smallest absolute Gasteiger partial charge is 0.339 e. The van der Waals surface area contributed by atoms with Gasteiger partial charge in [-0.1, -0.05) is 11.6 Å². The molecule has 0 aromatic heterocycles. The van der Waals surface area contributed by atoms with Crippen LogP contribution in [0.2, 0.25) is 5.02 Å². The first-order chi connectivity index (χ1) is 9.33. The zero-order valence-electron chi connectivity index (χ0n) is 10.8. The monoisotopic (exact) mass is 339 g/mol. The average molecular weight is 340 g/mol. The van der Waals surface area contributed by atoms with E-state index in [9.17, 15) is 13.2 Å². The van der Waals surface area contributed by atoms with Crippen molar-refractivity contribution < 1.29 is 23.1 Å². The molecule has 9 heteroatoms. The van der Waals surface area contributed by atoms with Crippen molar-refractivity contribution in [3.63, 3.8) is 0 Å². The number of rotatable bonds is 7. The lowest BCUT2D eigenvalue weighted by atomic mass is 10.2. The zero-order chi connectivity index (χ0) is 15.3. The van der Waals surface area contributed by atoms with Crippen LogP contribution in [0.25, 0.3) is 0 Å². The van der Waals surface area contributed by atoms with Gasteiger partial charge in [-0.3, -0.25) is 0 Å². The zero-order valence-corrected chi connectivity index (χ0v) is 13.2. The van der Waals surface area contributed by atoms with Crippen LogP contribution in [0, 0.1) is 0 Å². The molecule has 112 valence electrons. The second kappa shape index (κ2) is 7.16. The topological polar surface area (TPSA) is 92.7 Å². The molecule has 0 saturated carbocycles. The number of carboxylic acids is 1. The number of aromatic carboxylic acids is 1. The molecule has 0 aliphatic rings. The summed E-state index contributed by atoms with van der Waals surface area (Å²) in [5.74, 6) is -0.961. The van der Waals surface area contributed by atoms with E-state index >= 15 is 0 Å². The molecule has 0 heterocycles. The van der Waals surface area contributed by atoms with E-state index in [0.717, 1.165) is 12.1 Å². The Kier molecular flexibility index (Phi) is 6.12. The maximum Gasteiger partial charge on any atom is 0.339 e. The van der Waals surface area contributed by atoms with Gasteiger partial charge in [-0.2, -0.15) is 11.8 Å². The van der Waals surface area contributed by atoms with Gasteiger partial charge >= 0.3 is 5.97 Å². The molecule has 1 aromatic carbocycles. The fourth-order valence-electron chi connectivity index (χ4n) is 1.49. The standard InChI is InChI=1S/C11H14ClNO5S2/c1-18-10-8(11(14)15)5-7(12)6-9(10)20(16,17)13-3-4-19-2/h5-6,13H,3-4H2,1-2H3,(H,14,15). The first-order valence-electron chi connectivity index (χ1n) is 5.43.